The first-order valence-electron chi connectivity index (χ1n) is 12.6. The number of ketones is 1. The molecule has 4 aromatic heterocycles. The fourth-order valence-electron chi connectivity index (χ4n) is 4.91. The number of anilines is 1. The summed E-state index contributed by atoms with van der Waals surface area (Å²) in [5, 5.41) is 13.1. The smallest absolute Gasteiger partial charge is 0.214 e. The Hall–Kier alpha value is -4.66. The Morgan fingerprint density at radius 1 is 1.03 bits per heavy atom. The van der Waals surface area contributed by atoms with Gasteiger partial charge < -0.3 is 15.3 Å². The Morgan fingerprint density at radius 2 is 1.92 bits per heavy atom. The molecule has 0 aliphatic heterocycles. The first-order valence-corrected chi connectivity index (χ1v) is 12.6. The van der Waals surface area contributed by atoms with Crippen LogP contribution in [0.15, 0.2) is 61.1 Å². The van der Waals surface area contributed by atoms with Crippen molar-refractivity contribution in [3.05, 3.63) is 78.1 Å². The Labute approximate surface area is 212 Å². The van der Waals surface area contributed by atoms with Crippen LogP contribution in [0.4, 0.5) is 5.82 Å². The maximum absolute atomic E-state index is 13.6. The molecule has 0 unspecified atom stereocenters. The zero-order chi connectivity index (χ0) is 25.1. The molecule has 0 saturated heterocycles. The van der Waals surface area contributed by atoms with Gasteiger partial charge in [-0.1, -0.05) is 12.1 Å². The topological polar surface area (TPSA) is 109 Å². The minimum absolute atomic E-state index is 0.121. The highest BCUT2D eigenvalue weighted by Crippen LogP contribution is 2.39. The molecule has 9 nitrogen and oxygen atoms in total. The molecule has 0 amide bonds. The van der Waals surface area contributed by atoms with E-state index >= 15 is 0 Å². The molecule has 1 aliphatic carbocycles. The van der Waals surface area contributed by atoms with Gasteiger partial charge in [0.05, 0.1) is 40.4 Å². The number of hydrogen-bond donors (Lipinski definition) is 3. The molecule has 1 aliphatic rings. The highest BCUT2D eigenvalue weighted by Gasteiger charge is 2.27. The maximum atomic E-state index is 13.6. The lowest BCUT2D eigenvalue weighted by atomic mass is 10.1. The van der Waals surface area contributed by atoms with Crippen LogP contribution >= 0.6 is 0 Å². The number of nitrogens with zero attached hydrogens (tertiary/aromatic N) is 5. The molecule has 9 heteroatoms. The molecule has 0 spiro atoms. The number of benzene rings is 2. The second kappa shape index (κ2) is 8.19. The average Bonchev–Trinajstić information content (AvgIpc) is 3.31. The van der Waals surface area contributed by atoms with Crippen molar-refractivity contribution in [2.45, 2.75) is 32.2 Å². The summed E-state index contributed by atoms with van der Waals surface area (Å²) >= 11 is 0. The number of H-pyrrole nitrogens is 2. The lowest BCUT2D eigenvalue weighted by Crippen LogP contribution is -2.08. The molecule has 184 valence electrons. The van der Waals surface area contributed by atoms with Gasteiger partial charge in [0.15, 0.2) is 0 Å². The SMILES string of the molecule is CCn1cc(-c2ccc3cc(C(=O)c4cnn(-c5ccc6[nH]c(C7CC7)nc6c5)c4NC)[nH]c3c2)cn1. The summed E-state index contributed by atoms with van der Waals surface area (Å²) in [7, 11) is 1.80. The maximum Gasteiger partial charge on any atom is 0.214 e. The van der Waals surface area contributed by atoms with E-state index in [1.807, 2.05) is 47.4 Å². The summed E-state index contributed by atoms with van der Waals surface area (Å²) in [6.45, 7) is 2.88. The number of carbonyl (C=O) groups excluding carboxylic acids is 1. The highest BCUT2D eigenvalue weighted by atomic mass is 16.1. The fraction of sp³-hybridized carbons (Fsp3) is 0.214. The van der Waals surface area contributed by atoms with Crippen LogP contribution in [0.5, 0.6) is 0 Å². The van der Waals surface area contributed by atoms with Gasteiger partial charge in [0.25, 0.3) is 0 Å². The Balaban J connectivity index is 1.22. The van der Waals surface area contributed by atoms with Crippen molar-refractivity contribution in [3.63, 3.8) is 0 Å². The van der Waals surface area contributed by atoms with Crippen LogP contribution < -0.4 is 5.32 Å². The van der Waals surface area contributed by atoms with Gasteiger partial charge in [0.2, 0.25) is 5.78 Å². The zero-order valence-corrected chi connectivity index (χ0v) is 20.6. The third-order valence-corrected chi connectivity index (χ3v) is 7.10. The lowest BCUT2D eigenvalue weighted by Gasteiger charge is -2.08. The largest absolute Gasteiger partial charge is 0.372 e. The second-order valence-corrected chi connectivity index (χ2v) is 9.57. The van der Waals surface area contributed by atoms with Gasteiger partial charge in [-0.2, -0.15) is 10.2 Å². The van der Waals surface area contributed by atoms with Crippen LogP contribution in [-0.4, -0.2) is 47.3 Å². The minimum Gasteiger partial charge on any atom is -0.372 e. The Bertz CT molecular complexity index is 1800. The first-order chi connectivity index (χ1) is 18.1. The molecule has 37 heavy (non-hydrogen) atoms. The van der Waals surface area contributed by atoms with Crippen molar-refractivity contribution in [3.8, 4) is 16.8 Å². The van der Waals surface area contributed by atoms with Crippen LogP contribution in [0.1, 0.15) is 47.6 Å². The number of nitrogens with one attached hydrogen (secondary N) is 3. The number of fused-ring (bicyclic) bond motifs is 2. The molecular formula is C28H26N8O. The number of rotatable bonds is 7. The Morgan fingerprint density at radius 3 is 2.70 bits per heavy atom. The van der Waals surface area contributed by atoms with Crippen molar-refractivity contribution < 1.29 is 4.79 Å². The van der Waals surface area contributed by atoms with E-state index in [0.29, 0.717) is 23.0 Å². The van der Waals surface area contributed by atoms with Crippen molar-refractivity contribution in [2.24, 2.45) is 0 Å². The van der Waals surface area contributed by atoms with Gasteiger partial charge in [-0.25, -0.2) is 9.67 Å². The van der Waals surface area contributed by atoms with Crippen LogP contribution in [0.25, 0.3) is 38.8 Å². The highest BCUT2D eigenvalue weighted by molar-refractivity contribution is 6.13. The summed E-state index contributed by atoms with van der Waals surface area (Å²) in [6, 6.07) is 14.0. The van der Waals surface area contributed by atoms with E-state index in [0.717, 1.165) is 51.1 Å². The van der Waals surface area contributed by atoms with Gasteiger partial charge in [-0.15, -0.1) is 0 Å². The molecular weight excluding hydrogens is 464 g/mol. The van der Waals surface area contributed by atoms with E-state index < -0.39 is 0 Å². The molecule has 4 heterocycles. The number of aromatic amines is 2. The van der Waals surface area contributed by atoms with Crippen molar-refractivity contribution >= 4 is 33.5 Å². The molecule has 1 saturated carbocycles. The number of aromatic nitrogens is 7. The van der Waals surface area contributed by atoms with Gasteiger partial charge in [-0.3, -0.25) is 9.48 Å². The van der Waals surface area contributed by atoms with E-state index in [1.54, 1.807) is 17.9 Å². The van der Waals surface area contributed by atoms with Crippen LogP contribution in [0.3, 0.4) is 0 Å². The third kappa shape index (κ3) is 3.62. The van der Waals surface area contributed by atoms with E-state index in [9.17, 15) is 4.79 Å². The summed E-state index contributed by atoms with van der Waals surface area (Å²) in [4.78, 5) is 25.1. The lowest BCUT2D eigenvalue weighted by molar-refractivity contribution is 0.103. The molecule has 0 bridgehead atoms. The molecule has 1 fully saturated rings. The standard InChI is InChI=1S/C28H26N8O/c1-3-35-15-19(13-30-35)17-6-7-18-11-25(32-23(18)10-17)26(37)21-14-31-36(28(21)29-2)20-8-9-22-24(12-20)34-27(33-22)16-4-5-16/h6-16,29,32H,3-5H2,1-2H3,(H,33,34). The minimum atomic E-state index is -0.121. The quantitative estimate of drug-likeness (QED) is 0.264. The molecule has 2 aromatic carbocycles. The summed E-state index contributed by atoms with van der Waals surface area (Å²) < 4.78 is 3.65. The summed E-state index contributed by atoms with van der Waals surface area (Å²) in [5.41, 5.74) is 6.78. The van der Waals surface area contributed by atoms with E-state index in [4.69, 9.17) is 4.98 Å². The molecule has 6 aromatic rings. The van der Waals surface area contributed by atoms with Crippen LogP contribution in [-0.2, 0) is 6.54 Å². The molecule has 7 rings (SSSR count). The number of hydrogen-bond acceptors (Lipinski definition) is 5. The average molecular weight is 491 g/mol. The van der Waals surface area contributed by atoms with E-state index in [-0.39, 0.29) is 5.78 Å². The third-order valence-electron chi connectivity index (χ3n) is 7.10. The first kappa shape index (κ1) is 21.6. The second-order valence-electron chi connectivity index (χ2n) is 9.57. The molecule has 3 N–H and O–H groups in total. The fourth-order valence-corrected chi connectivity index (χ4v) is 4.91. The van der Waals surface area contributed by atoms with E-state index in [2.05, 4.69) is 44.5 Å². The van der Waals surface area contributed by atoms with E-state index in [1.165, 1.54) is 12.8 Å². The summed E-state index contributed by atoms with van der Waals surface area (Å²) in [5.74, 6) is 2.12. The van der Waals surface area contributed by atoms with Gasteiger partial charge in [0, 0.05) is 42.2 Å². The summed E-state index contributed by atoms with van der Waals surface area (Å²) in [6.07, 6.45) is 7.89. The monoisotopic (exact) mass is 490 g/mol. The molecule has 0 radical (unpaired) electrons. The number of carbonyl (C=O) groups is 1. The van der Waals surface area contributed by atoms with Crippen molar-refractivity contribution in [1.82, 2.24) is 34.5 Å². The van der Waals surface area contributed by atoms with Crippen LogP contribution in [0, 0.1) is 0 Å². The van der Waals surface area contributed by atoms with Gasteiger partial charge >= 0.3 is 0 Å². The number of imidazole rings is 1. The van der Waals surface area contributed by atoms with Crippen LogP contribution in [0.2, 0.25) is 0 Å². The Kier molecular flexibility index (Phi) is 4.78. The van der Waals surface area contributed by atoms with Gasteiger partial charge in [-0.05, 0) is 55.7 Å². The predicted molar refractivity (Wildman–Crippen MR) is 143 cm³/mol. The predicted octanol–water partition coefficient (Wildman–Crippen LogP) is 5.26. The van der Waals surface area contributed by atoms with Crippen molar-refractivity contribution in [2.75, 3.05) is 12.4 Å². The van der Waals surface area contributed by atoms with Crippen molar-refractivity contribution in [1.29, 1.82) is 0 Å². The molecule has 0 atom stereocenters. The number of aryl methyl sites for hydroxylation is 1. The normalized spacial score (nSPS) is 13.6. The zero-order valence-electron chi connectivity index (χ0n) is 20.6. The van der Waals surface area contributed by atoms with Gasteiger partial charge in [0.1, 0.15) is 11.6 Å².